The molecular formula is C18H15N3O3. The van der Waals surface area contributed by atoms with E-state index in [1.165, 1.54) is 7.11 Å². The lowest BCUT2D eigenvalue weighted by molar-refractivity contribution is 0.0600. The fraction of sp³-hybridized carbons (Fsp3) is 0.111. The summed E-state index contributed by atoms with van der Waals surface area (Å²) in [5.41, 5.74) is 4.48. The second-order valence-corrected chi connectivity index (χ2v) is 5.71. The van der Waals surface area contributed by atoms with E-state index >= 15 is 0 Å². The Morgan fingerprint density at radius 3 is 2.75 bits per heavy atom. The van der Waals surface area contributed by atoms with Gasteiger partial charge in [-0.3, -0.25) is 4.79 Å². The van der Waals surface area contributed by atoms with Gasteiger partial charge in [-0.2, -0.15) is 0 Å². The Morgan fingerprint density at radius 1 is 1.17 bits per heavy atom. The zero-order valence-electron chi connectivity index (χ0n) is 13.1. The summed E-state index contributed by atoms with van der Waals surface area (Å²) in [5.74, 6) is 0.224. The van der Waals surface area contributed by atoms with Crippen LogP contribution in [0.4, 0.5) is 17.1 Å². The van der Waals surface area contributed by atoms with Crippen molar-refractivity contribution in [3.63, 3.8) is 0 Å². The summed E-state index contributed by atoms with van der Waals surface area (Å²) in [6.07, 6.45) is 0. The molecule has 2 aliphatic heterocycles. The standard InChI is InChI=1S/C18H15N3O3/c1-10-19-15-6-4-13(8-16(15)20-10)21-9-12-7-11(18(23)24-2)3-5-14(12)17(21)22/h3-8,19-20H,1,9H2,2H3. The SMILES string of the molecule is C=C1Nc2ccc(N3Cc4cc(C(=O)OC)ccc4C3=O)cc2N1. The lowest BCUT2D eigenvalue weighted by atomic mass is 10.1. The summed E-state index contributed by atoms with van der Waals surface area (Å²) in [7, 11) is 1.34. The molecule has 6 nitrogen and oxygen atoms in total. The number of methoxy groups -OCH3 is 1. The van der Waals surface area contributed by atoms with Gasteiger partial charge in [0.1, 0.15) is 5.82 Å². The van der Waals surface area contributed by atoms with Crippen molar-refractivity contribution in [2.45, 2.75) is 6.54 Å². The van der Waals surface area contributed by atoms with Gasteiger partial charge in [-0.15, -0.1) is 0 Å². The molecule has 0 unspecified atom stereocenters. The van der Waals surface area contributed by atoms with Gasteiger partial charge in [0.2, 0.25) is 0 Å². The van der Waals surface area contributed by atoms with Gasteiger partial charge in [-0.1, -0.05) is 6.58 Å². The largest absolute Gasteiger partial charge is 0.465 e. The summed E-state index contributed by atoms with van der Waals surface area (Å²) in [5, 5.41) is 6.23. The fourth-order valence-electron chi connectivity index (χ4n) is 3.04. The number of hydrogen-bond donors (Lipinski definition) is 2. The number of rotatable bonds is 2. The number of esters is 1. The number of fused-ring (bicyclic) bond motifs is 2. The average molecular weight is 321 g/mol. The average Bonchev–Trinajstić information content (AvgIpc) is 3.12. The van der Waals surface area contributed by atoms with Crippen LogP contribution in [0.15, 0.2) is 48.8 Å². The number of hydrogen-bond acceptors (Lipinski definition) is 5. The molecule has 0 fully saturated rings. The highest BCUT2D eigenvalue weighted by Crippen LogP contribution is 2.36. The first-order valence-electron chi connectivity index (χ1n) is 7.47. The third kappa shape index (κ3) is 2.11. The van der Waals surface area contributed by atoms with Crippen molar-refractivity contribution < 1.29 is 14.3 Å². The Morgan fingerprint density at radius 2 is 1.96 bits per heavy atom. The fourth-order valence-corrected chi connectivity index (χ4v) is 3.04. The van der Waals surface area contributed by atoms with E-state index in [1.54, 1.807) is 23.1 Å². The quantitative estimate of drug-likeness (QED) is 0.832. The van der Waals surface area contributed by atoms with Crippen LogP contribution in [-0.4, -0.2) is 19.0 Å². The highest BCUT2D eigenvalue weighted by atomic mass is 16.5. The predicted molar refractivity (Wildman–Crippen MR) is 91.1 cm³/mol. The van der Waals surface area contributed by atoms with Crippen LogP contribution >= 0.6 is 0 Å². The van der Waals surface area contributed by atoms with E-state index in [9.17, 15) is 9.59 Å². The third-order valence-corrected chi connectivity index (χ3v) is 4.22. The molecule has 2 heterocycles. The van der Waals surface area contributed by atoms with Crippen molar-refractivity contribution in [3.8, 4) is 0 Å². The molecular weight excluding hydrogens is 306 g/mol. The highest BCUT2D eigenvalue weighted by Gasteiger charge is 2.30. The molecule has 0 radical (unpaired) electrons. The van der Waals surface area contributed by atoms with Crippen LogP contribution < -0.4 is 15.5 Å². The van der Waals surface area contributed by atoms with Crippen molar-refractivity contribution in [1.82, 2.24) is 0 Å². The zero-order chi connectivity index (χ0) is 16.8. The first-order chi connectivity index (χ1) is 11.6. The number of nitrogens with zero attached hydrogens (tertiary/aromatic N) is 1. The smallest absolute Gasteiger partial charge is 0.337 e. The molecule has 0 spiro atoms. The van der Waals surface area contributed by atoms with Crippen LogP contribution in [0, 0.1) is 0 Å². The number of ether oxygens (including phenoxy) is 1. The van der Waals surface area contributed by atoms with E-state index in [4.69, 9.17) is 4.74 Å². The van der Waals surface area contributed by atoms with Crippen LogP contribution in [0.25, 0.3) is 0 Å². The number of amides is 1. The van der Waals surface area contributed by atoms with Crippen molar-refractivity contribution in [1.29, 1.82) is 0 Å². The monoisotopic (exact) mass is 321 g/mol. The summed E-state index contributed by atoms with van der Waals surface area (Å²) in [6.45, 7) is 4.25. The second-order valence-electron chi connectivity index (χ2n) is 5.71. The molecule has 6 heteroatoms. The summed E-state index contributed by atoms with van der Waals surface area (Å²) in [4.78, 5) is 26.0. The van der Waals surface area contributed by atoms with Crippen molar-refractivity contribution in [2.75, 3.05) is 22.6 Å². The van der Waals surface area contributed by atoms with Gasteiger partial charge in [0.15, 0.2) is 0 Å². The van der Waals surface area contributed by atoms with Gasteiger partial charge >= 0.3 is 5.97 Å². The molecule has 2 aliphatic rings. The lowest BCUT2D eigenvalue weighted by Gasteiger charge is -2.16. The molecule has 1 amide bonds. The second kappa shape index (κ2) is 5.13. The number of benzene rings is 2. The van der Waals surface area contributed by atoms with Gasteiger partial charge in [-0.25, -0.2) is 4.79 Å². The number of anilines is 3. The molecule has 2 aromatic rings. The van der Waals surface area contributed by atoms with Gasteiger partial charge in [-0.05, 0) is 42.0 Å². The molecule has 4 rings (SSSR count). The highest BCUT2D eigenvalue weighted by molar-refractivity contribution is 6.11. The molecule has 2 N–H and O–H groups in total. The maximum absolute atomic E-state index is 12.7. The minimum absolute atomic E-state index is 0.0776. The van der Waals surface area contributed by atoms with E-state index in [0.717, 1.165) is 22.6 Å². The van der Waals surface area contributed by atoms with Gasteiger partial charge in [0.05, 0.1) is 30.6 Å². The predicted octanol–water partition coefficient (Wildman–Crippen LogP) is 2.94. The Balaban J connectivity index is 1.67. The van der Waals surface area contributed by atoms with Gasteiger partial charge < -0.3 is 20.3 Å². The van der Waals surface area contributed by atoms with Gasteiger partial charge in [0.25, 0.3) is 5.91 Å². The first kappa shape index (κ1) is 14.3. The van der Waals surface area contributed by atoms with E-state index in [1.807, 2.05) is 18.2 Å². The Kier molecular flexibility index (Phi) is 3.06. The molecule has 0 bridgehead atoms. The summed E-state index contributed by atoms with van der Waals surface area (Å²) < 4.78 is 4.73. The maximum atomic E-state index is 12.7. The van der Waals surface area contributed by atoms with Crippen molar-refractivity contribution in [3.05, 3.63) is 65.5 Å². The van der Waals surface area contributed by atoms with E-state index in [0.29, 0.717) is 23.5 Å². The minimum Gasteiger partial charge on any atom is -0.465 e. The number of carbonyl (C=O) groups excluding carboxylic acids is 2. The maximum Gasteiger partial charge on any atom is 0.337 e. The van der Waals surface area contributed by atoms with E-state index in [2.05, 4.69) is 17.2 Å². The Bertz CT molecular complexity index is 904. The van der Waals surface area contributed by atoms with Crippen LogP contribution in [0.3, 0.4) is 0 Å². The van der Waals surface area contributed by atoms with Gasteiger partial charge in [0, 0.05) is 11.3 Å². The van der Waals surface area contributed by atoms with Crippen LogP contribution in [0.1, 0.15) is 26.3 Å². The Labute approximate surface area is 138 Å². The topological polar surface area (TPSA) is 70.7 Å². The first-order valence-corrected chi connectivity index (χ1v) is 7.47. The van der Waals surface area contributed by atoms with E-state index < -0.39 is 5.97 Å². The summed E-state index contributed by atoms with van der Waals surface area (Å²) >= 11 is 0. The van der Waals surface area contributed by atoms with Crippen LogP contribution in [-0.2, 0) is 11.3 Å². The minimum atomic E-state index is -0.407. The molecule has 0 atom stereocenters. The molecule has 0 aliphatic carbocycles. The van der Waals surface area contributed by atoms with Crippen molar-refractivity contribution >= 4 is 28.9 Å². The number of carbonyl (C=O) groups is 2. The van der Waals surface area contributed by atoms with Crippen molar-refractivity contribution in [2.24, 2.45) is 0 Å². The Hall–Kier alpha value is -3.28. The molecule has 0 saturated heterocycles. The normalized spacial score (nSPS) is 14.8. The molecule has 0 aromatic heterocycles. The molecule has 0 saturated carbocycles. The van der Waals surface area contributed by atoms with E-state index in [-0.39, 0.29) is 5.91 Å². The third-order valence-electron chi connectivity index (χ3n) is 4.22. The zero-order valence-corrected chi connectivity index (χ0v) is 13.1. The number of nitrogens with one attached hydrogen (secondary N) is 2. The van der Waals surface area contributed by atoms with Crippen LogP contribution in [0.2, 0.25) is 0 Å². The molecule has 24 heavy (non-hydrogen) atoms. The molecule has 120 valence electrons. The lowest BCUT2D eigenvalue weighted by Crippen LogP contribution is -2.22. The van der Waals surface area contributed by atoms with Crippen LogP contribution in [0.5, 0.6) is 0 Å². The summed E-state index contributed by atoms with van der Waals surface area (Å²) in [6, 6.07) is 10.7. The molecule has 2 aromatic carbocycles.